The first-order valence-corrected chi connectivity index (χ1v) is 10.9. The first-order chi connectivity index (χ1) is 16.5. The fourth-order valence-electron chi connectivity index (χ4n) is 4.15. The number of anilines is 1. The van der Waals surface area contributed by atoms with Crippen molar-refractivity contribution in [2.75, 3.05) is 11.9 Å². The summed E-state index contributed by atoms with van der Waals surface area (Å²) in [6, 6.07) is 22.8. The lowest BCUT2D eigenvalue weighted by atomic mass is 10.0. The molecule has 170 valence electrons. The molecule has 2 heterocycles. The summed E-state index contributed by atoms with van der Waals surface area (Å²) < 4.78 is 15.6. The van der Waals surface area contributed by atoms with Gasteiger partial charge in [0, 0.05) is 17.8 Å². The molecule has 0 spiro atoms. The lowest BCUT2D eigenvalue weighted by Gasteiger charge is -2.26. The van der Waals surface area contributed by atoms with Crippen LogP contribution < -0.4 is 11.1 Å². The Bertz CT molecular complexity index is 1370. The van der Waals surface area contributed by atoms with Crippen LogP contribution in [-0.4, -0.2) is 33.2 Å². The molecule has 4 aromatic rings. The number of aromatic nitrogens is 2. The summed E-state index contributed by atoms with van der Waals surface area (Å²) in [7, 11) is 0. The fourth-order valence-corrected chi connectivity index (χ4v) is 4.15. The van der Waals surface area contributed by atoms with Crippen molar-refractivity contribution in [3.05, 3.63) is 95.9 Å². The van der Waals surface area contributed by atoms with Crippen molar-refractivity contribution >= 4 is 17.6 Å². The molecular weight excluding hydrogens is 433 g/mol. The van der Waals surface area contributed by atoms with Gasteiger partial charge in [-0.25, -0.2) is 9.18 Å². The first kappa shape index (κ1) is 21.4. The molecule has 1 aliphatic rings. The van der Waals surface area contributed by atoms with Gasteiger partial charge in [0.15, 0.2) is 0 Å². The molecule has 8 heteroatoms. The highest BCUT2D eigenvalue weighted by Gasteiger charge is 2.30. The van der Waals surface area contributed by atoms with Gasteiger partial charge in [0.2, 0.25) is 0 Å². The molecule has 1 aliphatic heterocycles. The van der Waals surface area contributed by atoms with Crippen LogP contribution in [0.15, 0.2) is 78.9 Å². The second-order valence-electron chi connectivity index (χ2n) is 8.06. The van der Waals surface area contributed by atoms with Crippen molar-refractivity contribution in [2.24, 2.45) is 5.73 Å². The van der Waals surface area contributed by atoms with Crippen LogP contribution in [0.2, 0.25) is 0 Å². The zero-order valence-corrected chi connectivity index (χ0v) is 18.2. The molecule has 34 heavy (non-hydrogen) atoms. The van der Waals surface area contributed by atoms with Crippen LogP contribution in [0.5, 0.6) is 0 Å². The Hall–Kier alpha value is -4.46. The zero-order chi connectivity index (χ0) is 23.7. The Kier molecular flexibility index (Phi) is 5.55. The molecule has 3 amide bonds. The van der Waals surface area contributed by atoms with E-state index >= 15 is 0 Å². The average molecular weight is 455 g/mol. The Morgan fingerprint density at radius 2 is 1.59 bits per heavy atom. The maximum Gasteiger partial charge on any atom is 0.315 e. The van der Waals surface area contributed by atoms with E-state index in [1.54, 1.807) is 16.8 Å². The van der Waals surface area contributed by atoms with Gasteiger partial charge in [-0.15, -0.1) is 0 Å². The number of nitrogens with zero attached hydrogens (tertiary/aromatic N) is 3. The summed E-state index contributed by atoms with van der Waals surface area (Å²) in [4.78, 5) is 26.7. The molecule has 3 N–H and O–H groups in total. The third-order valence-corrected chi connectivity index (χ3v) is 5.87. The Labute approximate surface area is 195 Å². The van der Waals surface area contributed by atoms with Gasteiger partial charge < -0.3 is 16.0 Å². The average Bonchev–Trinajstić information content (AvgIpc) is 3.24. The largest absolute Gasteiger partial charge is 0.351 e. The van der Waals surface area contributed by atoms with E-state index in [1.807, 2.05) is 54.6 Å². The summed E-state index contributed by atoms with van der Waals surface area (Å²) >= 11 is 0. The summed E-state index contributed by atoms with van der Waals surface area (Å²) in [6.45, 7) is 0.918. The van der Waals surface area contributed by atoms with Gasteiger partial charge >= 0.3 is 6.03 Å². The monoisotopic (exact) mass is 455 g/mol. The van der Waals surface area contributed by atoms with Crippen molar-refractivity contribution in [3.63, 3.8) is 0 Å². The van der Waals surface area contributed by atoms with Crippen LogP contribution in [0.4, 0.5) is 14.9 Å². The molecule has 3 aromatic carbocycles. The molecule has 1 aromatic heterocycles. The number of carbonyl (C=O) groups excluding carboxylic acids is 2. The minimum Gasteiger partial charge on any atom is -0.351 e. The second kappa shape index (κ2) is 8.82. The number of urea groups is 1. The Balaban J connectivity index is 1.50. The smallest absolute Gasteiger partial charge is 0.315 e. The number of hydrogen-bond donors (Lipinski definition) is 2. The predicted molar refractivity (Wildman–Crippen MR) is 127 cm³/mol. The van der Waals surface area contributed by atoms with Crippen molar-refractivity contribution in [3.8, 4) is 22.4 Å². The lowest BCUT2D eigenvalue weighted by Crippen LogP contribution is -2.42. The van der Waals surface area contributed by atoms with E-state index in [-0.39, 0.29) is 12.5 Å². The normalized spacial score (nSPS) is 12.8. The number of nitrogens with two attached hydrogens (primary N) is 1. The topological polar surface area (TPSA) is 93.2 Å². The number of hydrogen-bond acceptors (Lipinski definition) is 3. The Morgan fingerprint density at radius 1 is 0.882 bits per heavy atom. The summed E-state index contributed by atoms with van der Waals surface area (Å²) in [5, 5.41) is 7.50. The molecule has 0 fully saturated rings. The molecule has 7 nitrogen and oxygen atoms in total. The highest BCUT2D eigenvalue weighted by molar-refractivity contribution is 6.09. The van der Waals surface area contributed by atoms with E-state index in [4.69, 9.17) is 5.73 Å². The third-order valence-electron chi connectivity index (χ3n) is 5.87. The van der Waals surface area contributed by atoms with E-state index in [0.29, 0.717) is 41.3 Å². The van der Waals surface area contributed by atoms with Gasteiger partial charge in [-0.2, -0.15) is 5.10 Å². The number of benzene rings is 3. The number of amides is 3. The molecule has 0 radical (unpaired) electrons. The van der Waals surface area contributed by atoms with E-state index in [0.717, 1.165) is 11.1 Å². The van der Waals surface area contributed by atoms with Crippen LogP contribution in [0.1, 0.15) is 16.1 Å². The SMILES string of the molecule is NC(=O)N1CCn2nc(-c3cccc(F)c3)c(C(=O)Nc3ccc(-c4ccccc4)cc3)c2C1. The van der Waals surface area contributed by atoms with Crippen LogP contribution in [0.3, 0.4) is 0 Å². The van der Waals surface area contributed by atoms with Gasteiger partial charge in [0.05, 0.1) is 24.3 Å². The first-order valence-electron chi connectivity index (χ1n) is 10.9. The van der Waals surface area contributed by atoms with Crippen molar-refractivity contribution in [2.45, 2.75) is 13.1 Å². The van der Waals surface area contributed by atoms with E-state index in [9.17, 15) is 14.0 Å². The van der Waals surface area contributed by atoms with Crippen molar-refractivity contribution in [1.29, 1.82) is 0 Å². The van der Waals surface area contributed by atoms with Crippen LogP contribution in [0.25, 0.3) is 22.4 Å². The summed E-state index contributed by atoms with van der Waals surface area (Å²) in [5.41, 5.74) is 9.89. The van der Waals surface area contributed by atoms with Crippen molar-refractivity contribution < 1.29 is 14.0 Å². The quantitative estimate of drug-likeness (QED) is 0.474. The van der Waals surface area contributed by atoms with Gasteiger partial charge in [-0.1, -0.05) is 54.6 Å². The molecule has 5 rings (SSSR count). The molecule has 0 aliphatic carbocycles. The second-order valence-corrected chi connectivity index (χ2v) is 8.06. The van der Waals surface area contributed by atoms with Crippen LogP contribution in [0, 0.1) is 5.82 Å². The lowest BCUT2D eigenvalue weighted by molar-refractivity contribution is 0.102. The van der Waals surface area contributed by atoms with E-state index in [2.05, 4.69) is 10.4 Å². The van der Waals surface area contributed by atoms with Gasteiger partial charge in [-0.05, 0) is 35.4 Å². The molecule has 0 saturated carbocycles. The molecule has 0 atom stereocenters. The summed E-state index contributed by atoms with van der Waals surface area (Å²) in [5.74, 6) is -0.815. The maximum atomic E-state index is 14.0. The zero-order valence-electron chi connectivity index (χ0n) is 18.2. The number of primary amides is 1. The number of rotatable bonds is 4. The highest BCUT2D eigenvalue weighted by atomic mass is 19.1. The standard InChI is InChI=1S/C26H22FN5O2/c27-20-8-4-7-19(15-20)24-23(22-16-31(26(28)34)13-14-32(22)30-24)25(33)29-21-11-9-18(10-12-21)17-5-2-1-3-6-17/h1-12,15H,13-14,16H2,(H2,28,34)(H,29,33). The van der Waals surface area contributed by atoms with Crippen molar-refractivity contribution in [1.82, 2.24) is 14.7 Å². The number of halogens is 1. The summed E-state index contributed by atoms with van der Waals surface area (Å²) in [6.07, 6.45) is 0. The third kappa shape index (κ3) is 4.13. The van der Waals surface area contributed by atoms with Gasteiger partial charge in [0.25, 0.3) is 5.91 Å². The Morgan fingerprint density at radius 3 is 2.29 bits per heavy atom. The fraction of sp³-hybridized carbons (Fsp3) is 0.115. The molecule has 0 bridgehead atoms. The minimum absolute atomic E-state index is 0.146. The number of nitrogens with one attached hydrogen (secondary N) is 1. The maximum absolute atomic E-state index is 14.0. The predicted octanol–water partition coefficient (Wildman–Crippen LogP) is 4.50. The number of carbonyl (C=O) groups is 2. The molecule has 0 saturated heterocycles. The van der Waals surface area contributed by atoms with Crippen LogP contribution in [-0.2, 0) is 13.1 Å². The van der Waals surface area contributed by atoms with E-state index < -0.39 is 11.8 Å². The minimum atomic E-state index is -0.567. The molecule has 0 unspecified atom stereocenters. The highest BCUT2D eigenvalue weighted by Crippen LogP contribution is 2.30. The van der Waals surface area contributed by atoms with Crippen LogP contribution >= 0.6 is 0 Å². The molecular formula is C26H22FN5O2. The number of fused-ring (bicyclic) bond motifs is 1. The van der Waals surface area contributed by atoms with Gasteiger partial charge in [0.1, 0.15) is 11.5 Å². The van der Waals surface area contributed by atoms with E-state index in [1.165, 1.54) is 17.0 Å². The van der Waals surface area contributed by atoms with Gasteiger partial charge in [-0.3, -0.25) is 9.48 Å².